The normalized spacial score (nSPS) is 16.6. The SMILES string of the molecule is C#CC(O)(C(/C=C\C=C)=C/C)C(/C=C\C)=C/C=C. The lowest BCUT2D eigenvalue weighted by Gasteiger charge is -2.25. The third-order valence-corrected chi connectivity index (χ3v) is 2.41. The van der Waals surface area contributed by atoms with Gasteiger partial charge in [0.1, 0.15) is 0 Å². The molecule has 0 rings (SSSR count). The van der Waals surface area contributed by atoms with Gasteiger partial charge in [-0.05, 0) is 19.4 Å². The highest BCUT2D eigenvalue weighted by atomic mass is 16.3. The molecule has 0 fully saturated rings. The number of aliphatic hydroxyl groups is 1. The summed E-state index contributed by atoms with van der Waals surface area (Å²) >= 11 is 0. The second kappa shape index (κ2) is 8.11. The van der Waals surface area contributed by atoms with E-state index in [-0.39, 0.29) is 0 Å². The summed E-state index contributed by atoms with van der Waals surface area (Å²) < 4.78 is 0. The molecule has 0 aliphatic heterocycles. The van der Waals surface area contributed by atoms with Crippen molar-refractivity contribution >= 4 is 0 Å². The lowest BCUT2D eigenvalue weighted by atomic mass is 9.85. The van der Waals surface area contributed by atoms with E-state index in [2.05, 4.69) is 19.1 Å². The van der Waals surface area contributed by atoms with Crippen LogP contribution in [-0.4, -0.2) is 10.7 Å². The van der Waals surface area contributed by atoms with E-state index in [0.29, 0.717) is 11.1 Å². The summed E-state index contributed by atoms with van der Waals surface area (Å²) in [4.78, 5) is 0. The van der Waals surface area contributed by atoms with Gasteiger partial charge in [-0.1, -0.05) is 67.7 Å². The molecule has 0 radical (unpaired) electrons. The number of hydrogen-bond acceptors (Lipinski definition) is 1. The van der Waals surface area contributed by atoms with E-state index in [1.807, 2.05) is 19.9 Å². The highest BCUT2D eigenvalue weighted by Gasteiger charge is 2.30. The van der Waals surface area contributed by atoms with Crippen molar-refractivity contribution < 1.29 is 5.11 Å². The summed E-state index contributed by atoms with van der Waals surface area (Å²) in [5.74, 6) is 2.44. The first-order valence-corrected chi connectivity index (χ1v) is 5.72. The van der Waals surface area contributed by atoms with Gasteiger partial charge in [-0.3, -0.25) is 0 Å². The van der Waals surface area contributed by atoms with Crippen molar-refractivity contribution in [2.75, 3.05) is 0 Å². The molecule has 1 nitrogen and oxygen atoms in total. The Balaban J connectivity index is 5.80. The fraction of sp³-hybridized carbons (Fsp3) is 0.176. The largest absolute Gasteiger partial charge is 0.369 e. The topological polar surface area (TPSA) is 20.2 Å². The van der Waals surface area contributed by atoms with E-state index in [4.69, 9.17) is 6.42 Å². The molecule has 0 saturated heterocycles. The molecule has 0 aromatic heterocycles. The molecule has 0 aliphatic carbocycles. The van der Waals surface area contributed by atoms with Gasteiger partial charge in [-0.15, -0.1) is 6.42 Å². The van der Waals surface area contributed by atoms with Crippen LogP contribution in [0.4, 0.5) is 0 Å². The van der Waals surface area contributed by atoms with Gasteiger partial charge in [0.05, 0.1) is 0 Å². The zero-order valence-electron chi connectivity index (χ0n) is 11.1. The van der Waals surface area contributed by atoms with E-state index in [0.717, 1.165) is 0 Å². The van der Waals surface area contributed by atoms with E-state index in [1.54, 1.807) is 42.5 Å². The number of terminal acetylenes is 1. The molecule has 0 saturated carbocycles. The van der Waals surface area contributed by atoms with Crippen LogP contribution < -0.4 is 0 Å². The van der Waals surface area contributed by atoms with Gasteiger partial charge in [0.25, 0.3) is 0 Å². The molecule has 1 heteroatoms. The Labute approximate surface area is 110 Å². The van der Waals surface area contributed by atoms with Crippen molar-refractivity contribution in [3.63, 3.8) is 0 Å². The lowest BCUT2D eigenvalue weighted by molar-refractivity contribution is 0.186. The molecule has 0 heterocycles. The van der Waals surface area contributed by atoms with Crippen LogP contribution in [0.5, 0.6) is 0 Å². The molecule has 1 atom stereocenters. The van der Waals surface area contributed by atoms with Gasteiger partial charge >= 0.3 is 0 Å². The fourth-order valence-corrected chi connectivity index (χ4v) is 1.53. The van der Waals surface area contributed by atoms with Crippen LogP contribution in [0.3, 0.4) is 0 Å². The highest BCUT2D eigenvalue weighted by Crippen LogP contribution is 2.27. The minimum absolute atomic E-state index is 0.601. The standard InChI is InChI=1S/C17H20O/c1-6-11-14-15(9-4)17(18,10-5)16(12-7-2)13-8-3/h5-9,11-14,18H,1-2H2,3-4H3/b13-8-,14-11-,15-9+,16-12+. The second-order valence-corrected chi connectivity index (χ2v) is 3.55. The summed E-state index contributed by atoms with van der Waals surface area (Å²) in [7, 11) is 0. The summed E-state index contributed by atoms with van der Waals surface area (Å²) in [6.07, 6.45) is 19.3. The molecule has 94 valence electrons. The van der Waals surface area contributed by atoms with Crippen LogP contribution in [0.15, 0.2) is 72.9 Å². The third-order valence-electron chi connectivity index (χ3n) is 2.41. The van der Waals surface area contributed by atoms with Crippen LogP contribution in [0.2, 0.25) is 0 Å². The molecule has 0 aromatic rings. The summed E-state index contributed by atoms with van der Waals surface area (Å²) in [5.41, 5.74) is -0.241. The third kappa shape index (κ3) is 3.76. The minimum Gasteiger partial charge on any atom is -0.369 e. The Kier molecular flexibility index (Phi) is 7.19. The van der Waals surface area contributed by atoms with Gasteiger partial charge in [0.2, 0.25) is 0 Å². The van der Waals surface area contributed by atoms with Crippen LogP contribution in [-0.2, 0) is 0 Å². The Morgan fingerprint density at radius 1 is 1.17 bits per heavy atom. The van der Waals surface area contributed by atoms with Crippen molar-refractivity contribution in [3.05, 3.63) is 72.9 Å². The van der Waals surface area contributed by atoms with Crippen molar-refractivity contribution in [1.29, 1.82) is 0 Å². The molecule has 1 unspecified atom stereocenters. The number of hydrogen-bond donors (Lipinski definition) is 1. The molecule has 1 N–H and O–H groups in total. The average Bonchev–Trinajstić information content (AvgIpc) is 2.39. The van der Waals surface area contributed by atoms with E-state index in [1.165, 1.54) is 0 Å². The maximum absolute atomic E-state index is 10.7. The monoisotopic (exact) mass is 240 g/mol. The molecule has 0 spiro atoms. The Morgan fingerprint density at radius 2 is 1.83 bits per heavy atom. The molecular weight excluding hydrogens is 220 g/mol. The predicted octanol–water partition coefficient (Wildman–Crippen LogP) is 3.73. The van der Waals surface area contributed by atoms with Crippen molar-refractivity contribution in [2.24, 2.45) is 0 Å². The van der Waals surface area contributed by atoms with Crippen molar-refractivity contribution in [2.45, 2.75) is 19.4 Å². The highest BCUT2D eigenvalue weighted by molar-refractivity contribution is 5.52. The van der Waals surface area contributed by atoms with E-state index in [9.17, 15) is 5.11 Å². The fourth-order valence-electron chi connectivity index (χ4n) is 1.53. The summed E-state index contributed by atoms with van der Waals surface area (Å²) in [6, 6.07) is 0. The Hall–Kier alpha value is -2.04. The van der Waals surface area contributed by atoms with Gasteiger partial charge < -0.3 is 5.11 Å². The van der Waals surface area contributed by atoms with E-state index >= 15 is 0 Å². The first-order chi connectivity index (χ1) is 8.60. The quantitative estimate of drug-likeness (QED) is 0.554. The van der Waals surface area contributed by atoms with Crippen LogP contribution in [0.25, 0.3) is 0 Å². The van der Waals surface area contributed by atoms with Crippen molar-refractivity contribution in [1.82, 2.24) is 0 Å². The van der Waals surface area contributed by atoms with Crippen LogP contribution >= 0.6 is 0 Å². The van der Waals surface area contributed by atoms with E-state index < -0.39 is 5.60 Å². The predicted molar refractivity (Wildman–Crippen MR) is 80.0 cm³/mol. The van der Waals surface area contributed by atoms with Crippen LogP contribution in [0.1, 0.15) is 13.8 Å². The van der Waals surface area contributed by atoms with Crippen molar-refractivity contribution in [3.8, 4) is 12.3 Å². The molecule has 0 aromatic carbocycles. The van der Waals surface area contributed by atoms with Gasteiger partial charge in [0.15, 0.2) is 5.60 Å². The molecular formula is C17H20O. The average molecular weight is 240 g/mol. The van der Waals surface area contributed by atoms with Gasteiger partial charge in [0, 0.05) is 5.57 Å². The first-order valence-electron chi connectivity index (χ1n) is 5.72. The van der Waals surface area contributed by atoms with Gasteiger partial charge in [-0.2, -0.15) is 0 Å². The molecule has 0 amide bonds. The molecule has 0 bridgehead atoms. The lowest BCUT2D eigenvalue weighted by Crippen LogP contribution is -2.30. The molecule has 18 heavy (non-hydrogen) atoms. The number of allylic oxidation sites excluding steroid dienone is 6. The smallest absolute Gasteiger partial charge is 0.176 e. The van der Waals surface area contributed by atoms with Gasteiger partial charge in [-0.25, -0.2) is 0 Å². The minimum atomic E-state index is -1.46. The maximum Gasteiger partial charge on any atom is 0.176 e. The Morgan fingerprint density at radius 3 is 2.22 bits per heavy atom. The first kappa shape index (κ1) is 16.0. The number of rotatable bonds is 6. The molecule has 0 aliphatic rings. The van der Waals surface area contributed by atoms with Crippen LogP contribution in [0, 0.1) is 12.3 Å². The Bertz CT molecular complexity index is 452. The zero-order valence-corrected chi connectivity index (χ0v) is 11.1. The summed E-state index contributed by atoms with van der Waals surface area (Å²) in [6.45, 7) is 10.9. The second-order valence-electron chi connectivity index (χ2n) is 3.55. The zero-order chi connectivity index (χ0) is 14.0. The summed E-state index contributed by atoms with van der Waals surface area (Å²) in [5, 5.41) is 10.7. The maximum atomic E-state index is 10.7.